The number of methoxy groups -OCH3 is 3. The summed E-state index contributed by atoms with van der Waals surface area (Å²) in [4.78, 5) is 22.5. The zero-order valence-electron chi connectivity index (χ0n) is 19.9. The van der Waals surface area contributed by atoms with Crippen molar-refractivity contribution in [1.29, 1.82) is 0 Å². The second-order valence-electron chi connectivity index (χ2n) is 7.74. The molecule has 0 aliphatic heterocycles. The van der Waals surface area contributed by atoms with E-state index in [4.69, 9.17) is 14.2 Å². The van der Waals surface area contributed by atoms with Crippen LogP contribution in [0.5, 0.6) is 11.5 Å². The number of hydrogen-bond donors (Lipinski definition) is 0. The summed E-state index contributed by atoms with van der Waals surface area (Å²) in [5.74, 6) is 1.16. The van der Waals surface area contributed by atoms with Crippen LogP contribution in [-0.4, -0.2) is 42.5 Å². The van der Waals surface area contributed by atoms with Gasteiger partial charge in [-0.2, -0.15) is 0 Å². The van der Waals surface area contributed by atoms with E-state index in [2.05, 4.69) is 16.9 Å². The van der Waals surface area contributed by atoms with Gasteiger partial charge in [0, 0.05) is 16.8 Å². The van der Waals surface area contributed by atoms with Gasteiger partial charge in [-0.15, -0.1) is 0 Å². The monoisotopic (exact) mass is 466 g/mol. The number of aryl methyl sites for hydroxylation is 2. The molecule has 0 N–H and O–H groups in total. The quantitative estimate of drug-likeness (QED) is 0.246. The number of aromatic nitrogens is 2. The highest BCUT2D eigenvalue weighted by Crippen LogP contribution is 2.46. The van der Waals surface area contributed by atoms with Gasteiger partial charge in [-0.05, 0) is 61.7 Å². The molecule has 1 heterocycles. The van der Waals surface area contributed by atoms with Crippen LogP contribution in [-0.2, 0) is 14.9 Å². The van der Waals surface area contributed by atoms with Gasteiger partial charge in [0.15, 0.2) is 5.16 Å². The first-order chi connectivity index (χ1) is 15.9. The summed E-state index contributed by atoms with van der Waals surface area (Å²) in [7, 11) is 4.69. The predicted molar refractivity (Wildman–Crippen MR) is 130 cm³/mol. The minimum atomic E-state index is -0.711. The second-order valence-corrected chi connectivity index (χ2v) is 8.81. The maximum Gasteiger partial charge on any atom is 0.320 e. The van der Waals surface area contributed by atoms with Gasteiger partial charge >= 0.3 is 5.97 Å². The molecule has 0 fully saturated rings. The van der Waals surface area contributed by atoms with E-state index < -0.39 is 10.7 Å². The number of thioether (sulfide) groups is 1. The molecule has 3 rings (SSSR count). The number of ether oxygens (including phenoxy) is 3. The Balaban J connectivity index is 2.24. The van der Waals surface area contributed by atoms with E-state index in [1.165, 1.54) is 18.9 Å². The molecule has 2 aromatic carbocycles. The highest BCUT2D eigenvalue weighted by atomic mass is 32.2. The molecule has 1 aromatic heterocycles. The van der Waals surface area contributed by atoms with Gasteiger partial charge in [0.25, 0.3) is 0 Å². The highest BCUT2D eigenvalue weighted by molar-refractivity contribution is 8.00. The van der Waals surface area contributed by atoms with Crippen molar-refractivity contribution in [1.82, 2.24) is 9.97 Å². The standard InChI is InChI=1S/C26H30N2O4S/c1-7-26(19-8-12-21(30-4)13-9-19,20-10-14-22(31-5)15-11-20)23(24(29)32-6)33-25-27-17(2)16-18(3)28-25/h8-16,23H,7H2,1-6H3. The van der Waals surface area contributed by atoms with E-state index in [-0.39, 0.29) is 5.97 Å². The molecule has 0 aliphatic carbocycles. The van der Waals surface area contributed by atoms with Crippen LogP contribution in [0.2, 0.25) is 0 Å². The van der Waals surface area contributed by atoms with E-state index in [1.54, 1.807) is 14.2 Å². The number of carbonyl (C=O) groups is 1. The number of esters is 1. The van der Waals surface area contributed by atoms with Gasteiger partial charge in [-0.1, -0.05) is 43.0 Å². The number of nitrogens with zero attached hydrogens (tertiary/aromatic N) is 2. The van der Waals surface area contributed by atoms with Crippen LogP contribution >= 0.6 is 11.8 Å². The summed E-state index contributed by atoms with van der Waals surface area (Å²) in [5, 5.41) is -0.0850. The van der Waals surface area contributed by atoms with Crippen molar-refractivity contribution in [3.05, 3.63) is 77.1 Å². The minimum Gasteiger partial charge on any atom is -0.497 e. The molecular weight excluding hydrogens is 436 g/mol. The lowest BCUT2D eigenvalue weighted by Gasteiger charge is -2.39. The molecule has 33 heavy (non-hydrogen) atoms. The summed E-state index contributed by atoms with van der Waals surface area (Å²) in [6.07, 6.45) is 0.642. The molecule has 174 valence electrons. The molecule has 0 amide bonds. The van der Waals surface area contributed by atoms with Gasteiger partial charge in [-0.3, -0.25) is 4.79 Å². The van der Waals surface area contributed by atoms with Crippen LogP contribution in [0.25, 0.3) is 0 Å². The summed E-state index contributed by atoms with van der Waals surface area (Å²) < 4.78 is 16.1. The third-order valence-corrected chi connectivity index (χ3v) is 7.04. The molecule has 1 atom stereocenters. The van der Waals surface area contributed by atoms with Gasteiger partial charge in [-0.25, -0.2) is 9.97 Å². The molecule has 7 heteroatoms. The van der Waals surface area contributed by atoms with Crippen LogP contribution in [0.1, 0.15) is 35.9 Å². The normalized spacial score (nSPS) is 12.2. The largest absolute Gasteiger partial charge is 0.497 e. The smallest absolute Gasteiger partial charge is 0.320 e. The molecule has 0 saturated carbocycles. The van der Waals surface area contributed by atoms with Crippen LogP contribution in [0, 0.1) is 13.8 Å². The lowest BCUT2D eigenvalue weighted by molar-refractivity contribution is -0.141. The first kappa shape index (κ1) is 24.6. The van der Waals surface area contributed by atoms with Crippen molar-refractivity contribution in [2.75, 3.05) is 21.3 Å². The van der Waals surface area contributed by atoms with Crippen molar-refractivity contribution in [2.24, 2.45) is 0 Å². The average Bonchev–Trinajstić information content (AvgIpc) is 2.83. The Morgan fingerprint density at radius 3 is 1.70 bits per heavy atom. The molecular formula is C26H30N2O4S. The van der Waals surface area contributed by atoms with Crippen LogP contribution in [0.4, 0.5) is 0 Å². The Morgan fingerprint density at radius 1 is 0.879 bits per heavy atom. The lowest BCUT2D eigenvalue weighted by Crippen LogP contribution is -2.44. The van der Waals surface area contributed by atoms with Crippen molar-refractivity contribution in [3.63, 3.8) is 0 Å². The predicted octanol–water partition coefficient (Wildman–Crippen LogP) is 5.14. The number of hydrogen-bond acceptors (Lipinski definition) is 7. The molecule has 0 radical (unpaired) electrons. The number of rotatable bonds is 9. The first-order valence-corrected chi connectivity index (χ1v) is 11.6. The maximum absolute atomic E-state index is 13.3. The SMILES string of the molecule is CCC(c1ccc(OC)cc1)(c1ccc(OC)cc1)C(Sc1nc(C)cc(C)n1)C(=O)OC. The molecule has 0 bridgehead atoms. The third kappa shape index (κ3) is 5.14. The molecule has 1 unspecified atom stereocenters. The fraction of sp³-hybridized carbons (Fsp3) is 0.346. The van der Waals surface area contributed by atoms with Crippen molar-refractivity contribution in [2.45, 2.75) is 43.0 Å². The van der Waals surface area contributed by atoms with E-state index >= 15 is 0 Å². The van der Waals surface area contributed by atoms with Crippen molar-refractivity contribution >= 4 is 17.7 Å². The first-order valence-electron chi connectivity index (χ1n) is 10.7. The van der Waals surface area contributed by atoms with Crippen LogP contribution < -0.4 is 9.47 Å². The Morgan fingerprint density at radius 2 is 1.33 bits per heavy atom. The molecule has 0 spiro atoms. The number of carbonyl (C=O) groups excluding carboxylic acids is 1. The summed E-state index contributed by atoms with van der Waals surface area (Å²) >= 11 is 1.33. The van der Waals surface area contributed by atoms with E-state index in [0.29, 0.717) is 11.6 Å². The van der Waals surface area contributed by atoms with Gasteiger partial charge < -0.3 is 14.2 Å². The van der Waals surface area contributed by atoms with Gasteiger partial charge in [0.2, 0.25) is 0 Å². The maximum atomic E-state index is 13.3. The zero-order valence-corrected chi connectivity index (χ0v) is 20.7. The lowest BCUT2D eigenvalue weighted by atomic mass is 9.69. The average molecular weight is 467 g/mol. The molecule has 6 nitrogen and oxygen atoms in total. The Kier molecular flexibility index (Phi) is 7.97. The van der Waals surface area contributed by atoms with Gasteiger partial charge in [0.1, 0.15) is 16.7 Å². The molecule has 0 aliphatic rings. The molecule has 0 saturated heterocycles. The second kappa shape index (κ2) is 10.7. The highest BCUT2D eigenvalue weighted by Gasteiger charge is 2.46. The summed E-state index contributed by atoms with van der Waals surface area (Å²) in [5.41, 5.74) is 2.94. The van der Waals surface area contributed by atoms with Gasteiger partial charge in [0.05, 0.1) is 21.3 Å². The number of benzene rings is 2. The Bertz CT molecular complexity index is 1020. The minimum absolute atomic E-state index is 0.337. The van der Waals surface area contributed by atoms with Crippen LogP contribution in [0.15, 0.2) is 59.8 Å². The Hall–Kier alpha value is -3.06. The summed E-state index contributed by atoms with van der Waals surface area (Å²) in [6, 6.07) is 17.6. The van der Waals surface area contributed by atoms with Crippen molar-refractivity contribution in [3.8, 4) is 11.5 Å². The third-order valence-electron chi connectivity index (χ3n) is 5.82. The Labute approximate surface area is 199 Å². The van der Waals surface area contributed by atoms with Crippen molar-refractivity contribution < 1.29 is 19.0 Å². The zero-order chi connectivity index (χ0) is 24.0. The molecule has 3 aromatic rings. The fourth-order valence-corrected chi connectivity index (χ4v) is 5.59. The van der Waals surface area contributed by atoms with E-state index in [0.717, 1.165) is 34.0 Å². The van der Waals surface area contributed by atoms with E-state index in [9.17, 15) is 4.79 Å². The van der Waals surface area contributed by atoms with Crippen LogP contribution in [0.3, 0.4) is 0 Å². The fourth-order valence-electron chi connectivity index (χ4n) is 4.15. The summed E-state index contributed by atoms with van der Waals surface area (Å²) in [6.45, 7) is 5.92. The van der Waals surface area contributed by atoms with E-state index in [1.807, 2.05) is 68.4 Å². The topological polar surface area (TPSA) is 70.5 Å².